The highest BCUT2D eigenvalue weighted by Gasteiger charge is 2.40. The first kappa shape index (κ1) is 12.9. The highest BCUT2D eigenvalue weighted by atomic mass is 14.4. The maximum absolute atomic E-state index is 2.46. The van der Waals surface area contributed by atoms with E-state index in [-0.39, 0.29) is 0 Å². The van der Waals surface area contributed by atoms with Crippen LogP contribution in [0.5, 0.6) is 0 Å². The van der Waals surface area contributed by atoms with Crippen molar-refractivity contribution in [3.8, 4) is 0 Å². The minimum Gasteiger partial charge on any atom is -0.0845 e. The Morgan fingerprint density at radius 3 is 2.53 bits per heavy atom. The summed E-state index contributed by atoms with van der Waals surface area (Å²) in [5.74, 6) is 4.30. The zero-order valence-corrected chi connectivity index (χ0v) is 11.9. The third-order valence-corrected chi connectivity index (χ3v) is 4.87. The van der Waals surface area contributed by atoms with Gasteiger partial charge in [0.2, 0.25) is 0 Å². The fourth-order valence-electron chi connectivity index (χ4n) is 3.87. The molecule has 0 aromatic heterocycles. The molecule has 0 aromatic rings. The molecule has 0 amide bonds. The lowest BCUT2D eigenvalue weighted by molar-refractivity contribution is 0.285. The Morgan fingerprint density at radius 2 is 1.88 bits per heavy atom. The van der Waals surface area contributed by atoms with Crippen LogP contribution in [0, 0.1) is 29.6 Å². The third-order valence-electron chi connectivity index (χ3n) is 4.87. The van der Waals surface area contributed by atoms with E-state index in [9.17, 15) is 0 Å². The summed E-state index contributed by atoms with van der Waals surface area (Å²) in [6.45, 7) is 9.63. The summed E-state index contributed by atoms with van der Waals surface area (Å²) in [6.07, 6.45) is 12.6. The highest BCUT2D eigenvalue weighted by Crippen LogP contribution is 2.49. The Bertz CT molecular complexity index is 306. The van der Waals surface area contributed by atoms with Crippen LogP contribution < -0.4 is 0 Å². The highest BCUT2D eigenvalue weighted by molar-refractivity contribution is 5.25. The minimum atomic E-state index is 0.806. The Morgan fingerprint density at radius 1 is 1.12 bits per heavy atom. The molecule has 3 atom stereocenters. The normalized spacial score (nSPS) is 33.5. The molecule has 0 spiro atoms. The molecule has 0 aromatic carbocycles. The van der Waals surface area contributed by atoms with Gasteiger partial charge in [-0.3, -0.25) is 0 Å². The molecule has 96 valence electrons. The molecule has 0 radical (unpaired) electrons. The lowest BCUT2D eigenvalue weighted by Crippen LogP contribution is -2.15. The predicted molar refractivity (Wildman–Crippen MR) is 75.8 cm³/mol. The lowest BCUT2D eigenvalue weighted by atomic mass is 9.81. The quantitative estimate of drug-likeness (QED) is 0.612. The van der Waals surface area contributed by atoms with Crippen molar-refractivity contribution in [2.75, 3.05) is 0 Å². The lowest BCUT2D eigenvalue weighted by Gasteiger charge is -2.24. The van der Waals surface area contributed by atoms with Crippen LogP contribution in [-0.4, -0.2) is 0 Å². The van der Waals surface area contributed by atoms with Crippen molar-refractivity contribution in [3.05, 3.63) is 23.8 Å². The first-order chi connectivity index (χ1) is 8.11. The summed E-state index contributed by atoms with van der Waals surface area (Å²) in [4.78, 5) is 0. The van der Waals surface area contributed by atoms with Crippen LogP contribution in [0.4, 0.5) is 0 Å². The molecule has 0 N–H and O–H groups in total. The van der Waals surface area contributed by atoms with E-state index in [1.807, 2.05) is 0 Å². The van der Waals surface area contributed by atoms with Crippen LogP contribution in [0.3, 0.4) is 0 Å². The third kappa shape index (κ3) is 2.67. The fourth-order valence-corrected chi connectivity index (χ4v) is 3.87. The van der Waals surface area contributed by atoms with Gasteiger partial charge in [-0.2, -0.15) is 0 Å². The monoisotopic (exact) mass is 232 g/mol. The molecule has 3 unspecified atom stereocenters. The first-order valence-corrected chi connectivity index (χ1v) is 7.48. The average Bonchev–Trinajstić information content (AvgIpc) is 2.55. The van der Waals surface area contributed by atoms with Gasteiger partial charge in [0.05, 0.1) is 0 Å². The van der Waals surface area contributed by atoms with E-state index < -0.39 is 0 Å². The molecule has 0 nitrogen and oxygen atoms in total. The molecule has 0 bridgehead atoms. The molecule has 2 aliphatic carbocycles. The van der Waals surface area contributed by atoms with Crippen molar-refractivity contribution >= 4 is 0 Å². The fraction of sp³-hybridized carbons (Fsp3) is 0.765. The Kier molecular flexibility index (Phi) is 4.12. The zero-order chi connectivity index (χ0) is 12.4. The van der Waals surface area contributed by atoms with Crippen LogP contribution >= 0.6 is 0 Å². The van der Waals surface area contributed by atoms with Gasteiger partial charge in [-0.15, -0.1) is 0 Å². The molecular weight excluding hydrogens is 204 g/mol. The molecule has 0 aliphatic heterocycles. The number of rotatable bonds is 2. The van der Waals surface area contributed by atoms with E-state index >= 15 is 0 Å². The molecule has 1 fully saturated rings. The molecule has 1 saturated carbocycles. The number of allylic oxidation sites excluding steroid dienone is 4. The summed E-state index contributed by atoms with van der Waals surface area (Å²) in [7, 11) is 0. The average molecular weight is 232 g/mol. The number of fused-ring (bicyclic) bond motifs is 1. The minimum absolute atomic E-state index is 0.806. The van der Waals surface area contributed by atoms with Crippen molar-refractivity contribution in [2.45, 2.75) is 53.4 Å². The Labute approximate surface area is 107 Å². The van der Waals surface area contributed by atoms with Crippen LogP contribution in [0.2, 0.25) is 0 Å². The van der Waals surface area contributed by atoms with Gasteiger partial charge in [0.15, 0.2) is 0 Å². The molecule has 0 heteroatoms. The first-order valence-electron chi connectivity index (χ1n) is 7.48. The second-order valence-corrected chi connectivity index (χ2v) is 6.63. The summed E-state index contributed by atoms with van der Waals surface area (Å²) < 4.78 is 0. The standard InChI is InChI=1S/C17H28/c1-12(2)16-11-17(13(3)4)15-10-8-6-5-7-9-14(15)16/h5,7,9,12-13,15-17H,6,8,10-11H2,1-4H3. The van der Waals surface area contributed by atoms with Crippen LogP contribution in [0.25, 0.3) is 0 Å². The summed E-state index contributed by atoms with van der Waals surface area (Å²) in [5, 5.41) is 0. The van der Waals surface area contributed by atoms with Gasteiger partial charge in [0, 0.05) is 0 Å². The van der Waals surface area contributed by atoms with Crippen molar-refractivity contribution in [3.63, 3.8) is 0 Å². The van der Waals surface area contributed by atoms with E-state index in [0.717, 1.165) is 29.6 Å². The molecule has 2 rings (SSSR count). The SMILES string of the molecule is CC(C)C1CC(C(C)C)C2CCCC=CC=C12. The van der Waals surface area contributed by atoms with E-state index in [4.69, 9.17) is 0 Å². The maximum Gasteiger partial charge on any atom is -0.0166 e. The topological polar surface area (TPSA) is 0 Å². The Hall–Kier alpha value is -0.520. The van der Waals surface area contributed by atoms with Crippen molar-refractivity contribution in [1.29, 1.82) is 0 Å². The predicted octanol–water partition coefficient (Wildman–Crippen LogP) is 5.22. The maximum atomic E-state index is 2.46. The van der Waals surface area contributed by atoms with Crippen LogP contribution in [-0.2, 0) is 0 Å². The van der Waals surface area contributed by atoms with E-state index in [0.29, 0.717) is 0 Å². The van der Waals surface area contributed by atoms with Gasteiger partial charge in [-0.05, 0) is 55.3 Å². The second kappa shape index (κ2) is 5.42. The molecule has 0 heterocycles. The summed E-state index contributed by atoms with van der Waals surface area (Å²) in [5.41, 5.74) is 1.77. The second-order valence-electron chi connectivity index (χ2n) is 6.63. The van der Waals surface area contributed by atoms with Gasteiger partial charge in [-0.25, -0.2) is 0 Å². The van der Waals surface area contributed by atoms with Crippen molar-refractivity contribution in [1.82, 2.24) is 0 Å². The summed E-state index contributed by atoms with van der Waals surface area (Å²) in [6, 6.07) is 0. The van der Waals surface area contributed by atoms with Crippen molar-refractivity contribution in [2.24, 2.45) is 29.6 Å². The van der Waals surface area contributed by atoms with Crippen LogP contribution in [0.1, 0.15) is 53.4 Å². The van der Waals surface area contributed by atoms with Gasteiger partial charge in [-0.1, -0.05) is 51.5 Å². The number of hydrogen-bond acceptors (Lipinski definition) is 0. The molecule has 17 heavy (non-hydrogen) atoms. The van der Waals surface area contributed by atoms with Gasteiger partial charge >= 0.3 is 0 Å². The summed E-state index contributed by atoms with van der Waals surface area (Å²) >= 11 is 0. The van der Waals surface area contributed by atoms with Crippen molar-refractivity contribution < 1.29 is 0 Å². The van der Waals surface area contributed by atoms with E-state index in [1.54, 1.807) is 5.57 Å². The Balaban J connectivity index is 2.28. The molecule has 2 aliphatic rings. The van der Waals surface area contributed by atoms with Gasteiger partial charge in [0.1, 0.15) is 0 Å². The molecule has 0 saturated heterocycles. The molecular formula is C17H28. The van der Waals surface area contributed by atoms with Crippen LogP contribution in [0.15, 0.2) is 23.8 Å². The van der Waals surface area contributed by atoms with Gasteiger partial charge in [0.25, 0.3) is 0 Å². The zero-order valence-electron chi connectivity index (χ0n) is 11.9. The largest absolute Gasteiger partial charge is 0.0845 e. The smallest absolute Gasteiger partial charge is 0.0166 e. The number of hydrogen-bond donors (Lipinski definition) is 0. The van der Waals surface area contributed by atoms with Gasteiger partial charge < -0.3 is 0 Å². The van der Waals surface area contributed by atoms with E-state index in [1.165, 1.54) is 25.7 Å². The van der Waals surface area contributed by atoms with E-state index in [2.05, 4.69) is 45.9 Å².